The number of rotatable bonds is 10. The molecule has 6 rings (SSSR count). The summed E-state index contributed by atoms with van der Waals surface area (Å²) in [6, 6.07) is 24.9. The molecular formula is C40H50N2O6. The van der Waals surface area contributed by atoms with Crippen LogP contribution in [0.5, 0.6) is 0 Å². The number of esters is 1. The van der Waals surface area contributed by atoms with Gasteiger partial charge in [-0.05, 0) is 64.8 Å². The van der Waals surface area contributed by atoms with Gasteiger partial charge in [0.15, 0.2) is 12.4 Å². The highest BCUT2D eigenvalue weighted by atomic mass is 16.7. The van der Waals surface area contributed by atoms with Gasteiger partial charge in [-0.3, -0.25) is 14.5 Å². The molecule has 2 bridgehead atoms. The molecule has 0 spiro atoms. The fraction of sp³-hybridized carbons (Fsp3) is 0.500. The molecule has 0 radical (unpaired) electrons. The molecular weight excluding hydrogens is 604 g/mol. The minimum atomic E-state index is -0.857. The standard InChI is InChI=1S/C40H50N2O6/c1-26(46-27(2)44)37(45)41-21-32-8-6-7-9-35(32)29-14-16-31(17-15-29)38-47-34(18-36(48-38)30-12-10-28(23-43)11-13-30)22-42-25-40(5)20-33(42)19-39(3,4)24-40/h6-17,26,33-34,36,38,43H,18-25H2,1-5H3,(H,41,45). The summed E-state index contributed by atoms with van der Waals surface area (Å²) in [5.41, 5.74) is 6.62. The lowest BCUT2D eigenvalue weighted by molar-refractivity contribution is -0.253. The molecule has 48 heavy (non-hydrogen) atoms. The summed E-state index contributed by atoms with van der Waals surface area (Å²) >= 11 is 0. The van der Waals surface area contributed by atoms with Crippen LogP contribution >= 0.6 is 0 Å². The summed E-state index contributed by atoms with van der Waals surface area (Å²) in [6.45, 7) is 12.5. The van der Waals surface area contributed by atoms with Gasteiger partial charge in [-0.25, -0.2) is 0 Å². The van der Waals surface area contributed by atoms with E-state index >= 15 is 0 Å². The highest BCUT2D eigenvalue weighted by molar-refractivity contribution is 5.83. The number of amides is 1. The first-order valence-corrected chi connectivity index (χ1v) is 17.3. The van der Waals surface area contributed by atoms with Crippen LogP contribution in [-0.2, 0) is 37.0 Å². The van der Waals surface area contributed by atoms with Gasteiger partial charge in [0.25, 0.3) is 5.91 Å². The summed E-state index contributed by atoms with van der Waals surface area (Å²) in [5.74, 6) is -0.828. The maximum Gasteiger partial charge on any atom is 0.303 e. The lowest BCUT2D eigenvalue weighted by Crippen LogP contribution is -2.42. The van der Waals surface area contributed by atoms with Crippen LogP contribution in [0, 0.1) is 10.8 Å². The van der Waals surface area contributed by atoms with Crippen LogP contribution in [-0.4, -0.2) is 53.2 Å². The number of hydrogen-bond acceptors (Lipinski definition) is 7. The molecule has 2 aliphatic heterocycles. The van der Waals surface area contributed by atoms with Crippen molar-refractivity contribution in [3.05, 3.63) is 95.1 Å². The Morgan fingerprint density at radius 1 is 0.979 bits per heavy atom. The molecule has 2 heterocycles. The van der Waals surface area contributed by atoms with Crippen LogP contribution in [0.15, 0.2) is 72.8 Å². The van der Waals surface area contributed by atoms with E-state index in [-0.39, 0.29) is 24.7 Å². The first-order chi connectivity index (χ1) is 22.9. The summed E-state index contributed by atoms with van der Waals surface area (Å²) in [5, 5.41) is 12.5. The number of carbonyl (C=O) groups excluding carboxylic acids is 2. The van der Waals surface area contributed by atoms with Crippen LogP contribution in [0.1, 0.15) is 94.9 Å². The zero-order valence-corrected chi connectivity index (χ0v) is 28.9. The van der Waals surface area contributed by atoms with Crippen molar-refractivity contribution in [2.24, 2.45) is 10.8 Å². The topological polar surface area (TPSA) is 97.3 Å². The molecule has 1 amide bonds. The summed E-state index contributed by atoms with van der Waals surface area (Å²) in [7, 11) is 0. The van der Waals surface area contributed by atoms with Crippen molar-refractivity contribution in [3.8, 4) is 11.1 Å². The number of hydrogen-bond donors (Lipinski definition) is 2. The highest BCUT2D eigenvalue weighted by Gasteiger charge is 2.50. The number of fused-ring (bicyclic) bond motifs is 2. The van der Waals surface area contributed by atoms with Crippen LogP contribution in [0.4, 0.5) is 0 Å². The van der Waals surface area contributed by atoms with Crippen molar-refractivity contribution in [2.75, 3.05) is 13.1 Å². The summed E-state index contributed by atoms with van der Waals surface area (Å²) < 4.78 is 18.4. The quantitative estimate of drug-likeness (QED) is 0.231. The first kappa shape index (κ1) is 34.3. The third kappa shape index (κ3) is 8.00. The molecule has 6 unspecified atom stereocenters. The Morgan fingerprint density at radius 3 is 2.40 bits per heavy atom. The van der Waals surface area contributed by atoms with E-state index in [4.69, 9.17) is 14.2 Å². The van der Waals surface area contributed by atoms with E-state index in [9.17, 15) is 14.7 Å². The number of aliphatic hydroxyl groups excluding tert-OH is 1. The molecule has 2 N–H and O–H groups in total. The van der Waals surface area contributed by atoms with Crippen molar-refractivity contribution < 1.29 is 28.9 Å². The highest BCUT2D eigenvalue weighted by Crippen LogP contribution is 2.53. The Bertz CT molecular complexity index is 1590. The maximum absolute atomic E-state index is 12.5. The number of aliphatic hydroxyl groups is 1. The molecule has 0 aromatic heterocycles. The lowest BCUT2D eigenvalue weighted by Gasteiger charge is -2.41. The van der Waals surface area contributed by atoms with E-state index in [0.717, 1.165) is 52.9 Å². The van der Waals surface area contributed by atoms with Gasteiger partial charge in [0.05, 0.1) is 18.8 Å². The zero-order valence-electron chi connectivity index (χ0n) is 28.9. The Balaban J connectivity index is 1.19. The maximum atomic E-state index is 12.5. The van der Waals surface area contributed by atoms with Gasteiger partial charge in [0.1, 0.15) is 0 Å². The lowest BCUT2D eigenvalue weighted by atomic mass is 9.65. The van der Waals surface area contributed by atoms with E-state index in [0.29, 0.717) is 23.4 Å². The van der Waals surface area contributed by atoms with Gasteiger partial charge in [-0.15, -0.1) is 0 Å². The number of carbonyl (C=O) groups is 2. The Hall–Kier alpha value is -3.56. The van der Waals surface area contributed by atoms with Crippen LogP contribution in [0.2, 0.25) is 0 Å². The SMILES string of the molecule is CC(=O)OC(C)C(=O)NCc1ccccc1-c1ccc(C2OC(CN3CC4(C)CC3CC(C)(C)C4)CC(c3ccc(CO)cc3)O2)cc1. The Labute approximate surface area is 284 Å². The predicted molar refractivity (Wildman–Crippen MR) is 184 cm³/mol. The smallest absolute Gasteiger partial charge is 0.303 e. The van der Waals surface area contributed by atoms with Gasteiger partial charge in [-0.2, -0.15) is 0 Å². The second-order valence-corrected chi connectivity index (χ2v) is 15.2. The van der Waals surface area contributed by atoms with E-state index < -0.39 is 18.4 Å². The van der Waals surface area contributed by atoms with Crippen LogP contribution in [0.3, 0.4) is 0 Å². The third-order valence-electron chi connectivity index (χ3n) is 10.3. The largest absolute Gasteiger partial charge is 0.453 e. The number of benzene rings is 3. The van der Waals surface area contributed by atoms with Crippen LogP contribution in [0.25, 0.3) is 11.1 Å². The van der Waals surface area contributed by atoms with E-state index in [2.05, 4.69) is 67.4 Å². The van der Waals surface area contributed by atoms with E-state index in [1.807, 2.05) is 36.4 Å². The summed E-state index contributed by atoms with van der Waals surface area (Å²) in [6.07, 6.45) is 3.01. The number of nitrogens with one attached hydrogen (secondary N) is 1. The van der Waals surface area contributed by atoms with Crippen molar-refractivity contribution in [2.45, 2.75) is 104 Å². The number of likely N-dealkylation sites (tertiary alicyclic amines) is 1. The van der Waals surface area contributed by atoms with Gasteiger partial charge >= 0.3 is 5.97 Å². The molecule has 3 aliphatic rings. The second-order valence-electron chi connectivity index (χ2n) is 15.2. The van der Waals surface area contributed by atoms with E-state index in [1.165, 1.54) is 26.2 Å². The van der Waals surface area contributed by atoms with Gasteiger partial charge in [-0.1, -0.05) is 93.6 Å². The molecule has 2 saturated heterocycles. The molecule has 1 aliphatic carbocycles. The molecule has 3 aromatic carbocycles. The molecule has 3 aromatic rings. The molecule has 1 saturated carbocycles. The fourth-order valence-electron chi connectivity index (χ4n) is 8.49. The molecule has 8 nitrogen and oxygen atoms in total. The predicted octanol–water partition coefficient (Wildman–Crippen LogP) is 6.86. The molecule has 3 fully saturated rings. The normalized spacial score (nSPS) is 27.3. The first-order valence-electron chi connectivity index (χ1n) is 17.3. The average molecular weight is 655 g/mol. The van der Waals surface area contributed by atoms with Crippen molar-refractivity contribution >= 4 is 11.9 Å². The van der Waals surface area contributed by atoms with Gasteiger partial charge in [0.2, 0.25) is 0 Å². The Morgan fingerprint density at radius 2 is 1.69 bits per heavy atom. The Kier molecular flexibility index (Phi) is 10.1. The summed E-state index contributed by atoms with van der Waals surface area (Å²) in [4.78, 5) is 26.4. The minimum absolute atomic E-state index is 0.00992. The number of ether oxygens (including phenoxy) is 3. The molecule has 256 valence electrons. The van der Waals surface area contributed by atoms with Crippen molar-refractivity contribution in [1.29, 1.82) is 0 Å². The third-order valence-corrected chi connectivity index (χ3v) is 10.3. The average Bonchev–Trinajstić information content (AvgIpc) is 3.30. The molecule has 8 heteroatoms. The molecule has 6 atom stereocenters. The van der Waals surface area contributed by atoms with E-state index in [1.54, 1.807) is 6.92 Å². The number of nitrogens with zero attached hydrogens (tertiary/aromatic N) is 1. The van der Waals surface area contributed by atoms with Crippen LogP contribution < -0.4 is 5.32 Å². The van der Waals surface area contributed by atoms with Gasteiger partial charge in [0, 0.05) is 44.6 Å². The fourth-order valence-corrected chi connectivity index (χ4v) is 8.49. The van der Waals surface area contributed by atoms with Gasteiger partial charge < -0.3 is 24.6 Å². The second kappa shape index (κ2) is 14.1. The zero-order chi connectivity index (χ0) is 34.1. The monoisotopic (exact) mass is 654 g/mol. The minimum Gasteiger partial charge on any atom is -0.453 e. The van der Waals surface area contributed by atoms with Crippen molar-refractivity contribution in [1.82, 2.24) is 10.2 Å². The van der Waals surface area contributed by atoms with Crippen molar-refractivity contribution in [3.63, 3.8) is 0 Å².